The number of nitro groups is 1. The van der Waals surface area contributed by atoms with Gasteiger partial charge < -0.3 is 0 Å². The second kappa shape index (κ2) is 2.52. The number of sulfone groups is 1. The van der Waals surface area contributed by atoms with Crippen LogP contribution < -0.4 is 0 Å². The molecule has 1 rings (SSSR count). The number of carbonyl (C=O) groups is 1. The minimum absolute atomic E-state index is 0.207. The fourth-order valence-corrected chi connectivity index (χ4v) is 1.83. The Balaban J connectivity index is 3.28. The first kappa shape index (κ1) is 8.60. The summed E-state index contributed by atoms with van der Waals surface area (Å²) in [5, 5.41) is 9.70. The van der Waals surface area contributed by atoms with Gasteiger partial charge in [0.2, 0.25) is 0 Å². The molecule has 0 unspecified atom stereocenters. The molecule has 0 radical (unpaired) electrons. The Labute approximate surface area is 67.3 Å². The molecule has 0 bridgehead atoms. The van der Waals surface area contributed by atoms with Crippen LogP contribution in [-0.2, 0) is 14.6 Å². The van der Waals surface area contributed by atoms with E-state index in [1.807, 2.05) is 0 Å². The van der Waals surface area contributed by atoms with Crippen LogP contribution in [0.1, 0.15) is 0 Å². The molecule has 0 N–H and O–H groups in total. The monoisotopic (exact) mass is 189 g/mol. The summed E-state index contributed by atoms with van der Waals surface area (Å²) in [6.45, 7) is 0. The molecule has 0 fully saturated rings. The number of aldehydes is 1. The van der Waals surface area contributed by atoms with E-state index in [1.54, 1.807) is 0 Å². The smallest absolute Gasteiger partial charge is 0.298 e. The molecule has 0 aliphatic carbocycles. The molecule has 0 saturated heterocycles. The molecule has 0 aromatic carbocycles. The lowest BCUT2D eigenvalue weighted by molar-refractivity contribution is -0.411. The van der Waals surface area contributed by atoms with Crippen molar-refractivity contribution in [1.82, 2.24) is 0 Å². The van der Waals surface area contributed by atoms with Gasteiger partial charge in [-0.1, -0.05) is 0 Å². The average Bonchev–Trinajstić information content (AvgIpc) is 2.25. The molecule has 0 spiro atoms. The van der Waals surface area contributed by atoms with Gasteiger partial charge in [0, 0.05) is 11.6 Å². The number of rotatable bonds is 2. The number of hydrogen-bond acceptors (Lipinski definition) is 5. The van der Waals surface area contributed by atoms with Crippen LogP contribution in [0.25, 0.3) is 0 Å². The van der Waals surface area contributed by atoms with Crippen molar-refractivity contribution in [2.45, 2.75) is 0 Å². The third kappa shape index (κ3) is 1.26. The van der Waals surface area contributed by atoms with Crippen LogP contribution in [0.2, 0.25) is 0 Å². The molecule has 1 aliphatic heterocycles. The zero-order valence-corrected chi connectivity index (χ0v) is 6.45. The highest BCUT2D eigenvalue weighted by molar-refractivity contribution is 7.98. The van der Waals surface area contributed by atoms with Crippen LogP contribution in [0, 0.1) is 10.1 Å². The van der Waals surface area contributed by atoms with Gasteiger partial charge >= 0.3 is 5.03 Å². The summed E-state index contributed by atoms with van der Waals surface area (Å²) >= 11 is 0. The lowest BCUT2D eigenvalue weighted by atomic mass is 10.3. The average molecular weight is 189 g/mol. The van der Waals surface area contributed by atoms with E-state index in [4.69, 9.17) is 0 Å². The van der Waals surface area contributed by atoms with E-state index in [9.17, 15) is 23.3 Å². The first-order chi connectivity index (χ1) is 5.47. The summed E-state index contributed by atoms with van der Waals surface area (Å²) in [4.78, 5) is 19.1. The van der Waals surface area contributed by atoms with Crippen LogP contribution in [0.5, 0.6) is 0 Å². The standard InChI is InChI=1S/C5H3NO5S/c7-2-4-1-5(6(8)9)12(10,11)3-4/h1-3H. The molecule has 0 saturated carbocycles. The molecular weight excluding hydrogens is 186 g/mol. The van der Waals surface area contributed by atoms with Crippen LogP contribution in [-0.4, -0.2) is 19.6 Å². The SMILES string of the molecule is O=CC1=CS(=O)(=O)C([N+](=O)[O-])=C1. The van der Waals surface area contributed by atoms with Crippen molar-refractivity contribution in [2.75, 3.05) is 0 Å². The molecule has 12 heavy (non-hydrogen) atoms. The van der Waals surface area contributed by atoms with Gasteiger partial charge in [-0.25, -0.2) is 8.42 Å². The van der Waals surface area contributed by atoms with E-state index in [0.717, 1.165) is 6.08 Å². The lowest BCUT2D eigenvalue weighted by Crippen LogP contribution is -2.05. The summed E-state index contributed by atoms with van der Waals surface area (Å²) in [6.07, 6.45) is 0.969. The summed E-state index contributed by atoms with van der Waals surface area (Å²) in [5.74, 6) is 0. The van der Waals surface area contributed by atoms with Crippen LogP contribution in [0.15, 0.2) is 22.1 Å². The van der Waals surface area contributed by atoms with Crippen LogP contribution in [0.3, 0.4) is 0 Å². The zero-order valence-electron chi connectivity index (χ0n) is 5.63. The van der Waals surface area contributed by atoms with Crippen molar-refractivity contribution in [3.8, 4) is 0 Å². The largest absolute Gasteiger partial charge is 0.363 e. The second-order valence-electron chi connectivity index (χ2n) is 2.02. The number of hydrogen-bond donors (Lipinski definition) is 0. The highest BCUT2D eigenvalue weighted by Crippen LogP contribution is 2.20. The Hall–Kier alpha value is -1.50. The molecule has 0 atom stereocenters. The van der Waals surface area contributed by atoms with Gasteiger partial charge in [0.1, 0.15) is 0 Å². The topological polar surface area (TPSA) is 94.3 Å². The summed E-state index contributed by atoms with van der Waals surface area (Å²) in [5.41, 5.74) is -0.207. The molecule has 1 aliphatic rings. The fraction of sp³-hybridized carbons (Fsp3) is 0. The van der Waals surface area contributed by atoms with Gasteiger partial charge in [-0.05, 0) is 0 Å². The second-order valence-corrected chi connectivity index (χ2v) is 3.76. The highest BCUT2D eigenvalue weighted by Gasteiger charge is 2.32. The third-order valence-corrected chi connectivity index (χ3v) is 2.62. The zero-order chi connectivity index (χ0) is 9.35. The molecule has 64 valence electrons. The van der Waals surface area contributed by atoms with Gasteiger partial charge in [-0.3, -0.25) is 14.9 Å². The van der Waals surface area contributed by atoms with E-state index in [-0.39, 0.29) is 11.9 Å². The molecule has 0 aromatic rings. The van der Waals surface area contributed by atoms with E-state index in [2.05, 4.69) is 0 Å². The number of nitrogens with zero attached hydrogens (tertiary/aromatic N) is 1. The first-order valence-electron chi connectivity index (χ1n) is 2.75. The van der Waals surface area contributed by atoms with E-state index in [0.29, 0.717) is 5.41 Å². The van der Waals surface area contributed by atoms with E-state index >= 15 is 0 Å². The Kier molecular flexibility index (Phi) is 1.81. The van der Waals surface area contributed by atoms with E-state index < -0.39 is 19.8 Å². The molecule has 7 heteroatoms. The summed E-state index contributed by atoms with van der Waals surface area (Å²) < 4.78 is 21.7. The predicted octanol–water partition coefficient (Wildman–Crippen LogP) is -0.384. The van der Waals surface area contributed by atoms with Gasteiger partial charge in [0.15, 0.2) is 6.29 Å². The number of carbonyl (C=O) groups excluding carboxylic acids is 1. The summed E-state index contributed by atoms with van der Waals surface area (Å²) in [6, 6.07) is 0. The lowest BCUT2D eigenvalue weighted by Gasteiger charge is -1.87. The van der Waals surface area contributed by atoms with Crippen molar-refractivity contribution in [3.05, 3.63) is 32.2 Å². The van der Waals surface area contributed by atoms with Crippen molar-refractivity contribution in [3.63, 3.8) is 0 Å². The maximum Gasteiger partial charge on any atom is 0.363 e. The Morgan fingerprint density at radius 1 is 1.50 bits per heavy atom. The van der Waals surface area contributed by atoms with Gasteiger partial charge in [0.25, 0.3) is 9.84 Å². The Bertz CT molecular complexity index is 402. The number of allylic oxidation sites excluding steroid dienone is 2. The van der Waals surface area contributed by atoms with Crippen LogP contribution >= 0.6 is 0 Å². The van der Waals surface area contributed by atoms with Crippen LogP contribution in [0.4, 0.5) is 0 Å². The quantitative estimate of drug-likeness (QED) is 0.335. The van der Waals surface area contributed by atoms with Crippen molar-refractivity contribution >= 4 is 16.1 Å². The van der Waals surface area contributed by atoms with Crippen molar-refractivity contribution < 1.29 is 18.1 Å². The van der Waals surface area contributed by atoms with Gasteiger partial charge in [-0.15, -0.1) is 0 Å². The van der Waals surface area contributed by atoms with E-state index in [1.165, 1.54) is 0 Å². The van der Waals surface area contributed by atoms with Gasteiger partial charge in [0.05, 0.1) is 10.3 Å². The fourth-order valence-electron chi connectivity index (χ4n) is 0.717. The minimum Gasteiger partial charge on any atom is -0.298 e. The minimum atomic E-state index is -3.98. The molecule has 0 aromatic heterocycles. The maximum absolute atomic E-state index is 10.8. The maximum atomic E-state index is 10.8. The predicted molar refractivity (Wildman–Crippen MR) is 38.1 cm³/mol. The highest BCUT2D eigenvalue weighted by atomic mass is 32.2. The molecular formula is C5H3NO5S. The normalized spacial score (nSPS) is 19.7. The summed E-state index contributed by atoms with van der Waals surface area (Å²) in [7, 11) is -3.98. The van der Waals surface area contributed by atoms with Crippen molar-refractivity contribution in [2.24, 2.45) is 0 Å². The van der Waals surface area contributed by atoms with Crippen molar-refractivity contribution in [1.29, 1.82) is 0 Å². The Morgan fingerprint density at radius 2 is 2.08 bits per heavy atom. The van der Waals surface area contributed by atoms with Gasteiger partial charge in [-0.2, -0.15) is 0 Å². The molecule has 1 heterocycles. The molecule has 6 nitrogen and oxygen atoms in total. The molecule has 0 amide bonds. The Morgan fingerprint density at radius 3 is 2.33 bits per heavy atom. The first-order valence-corrected chi connectivity index (χ1v) is 4.30. The third-order valence-electron chi connectivity index (χ3n) is 1.19.